The van der Waals surface area contributed by atoms with Gasteiger partial charge in [0.05, 0.1) is 25.4 Å². The molecule has 0 unspecified atom stereocenters. The summed E-state index contributed by atoms with van der Waals surface area (Å²) in [6.45, 7) is 3.39. The van der Waals surface area contributed by atoms with Gasteiger partial charge < -0.3 is 41.0 Å². The van der Waals surface area contributed by atoms with Crippen molar-refractivity contribution in [3.8, 4) is 17.5 Å². The fraction of sp³-hybridized carbons (Fsp3) is 0.393. The number of amides is 1. The number of nitrogens with two attached hydrogens (primary N) is 1. The molecule has 2 aromatic carbocycles. The summed E-state index contributed by atoms with van der Waals surface area (Å²) in [5.41, 5.74) is 7.26. The number of hydrogen-bond donors (Lipinski definition) is 5. The van der Waals surface area contributed by atoms with Crippen LogP contribution in [0.5, 0.6) is 17.5 Å². The van der Waals surface area contributed by atoms with Crippen LogP contribution in [0.25, 0.3) is 0 Å². The summed E-state index contributed by atoms with van der Waals surface area (Å²) in [5.74, 6) is -0.213. The maximum absolute atomic E-state index is 13.0. The lowest BCUT2D eigenvalue weighted by molar-refractivity contribution is -0.138. The summed E-state index contributed by atoms with van der Waals surface area (Å²) >= 11 is 0. The smallest absolute Gasteiger partial charge is 0.327 e. The van der Waals surface area contributed by atoms with Gasteiger partial charge in [0.2, 0.25) is 11.9 Å². The number of anilines is 3. The number of nitrogens with one attached hydrogen (secondary N) is 3. The third-order valence-electron chi connectivity index (χ3n) is 6.15. The van der Waals surface area contributed by atoms with Gasteiger partial charge in [0.15, 0.2) is 0 Å². The van der Waals surface area contributed by atoms with Gasteiger partial charge in [0.25, 0.3) is 5.91 Å². The Morgan fingerprint density at radius 2 is 1.76 bits per heavy atom. The van der Waals surface area contributed by atoms with Gasteiger partial charge in [-0.2, -0.15) is 15.0 Å². The molecule has 0 saturated heterocycles. The van der Waals surface area contributed by atoms with E-state index in [0.29, 0.717) is 38.0 Å². The summed E-state index contributed by atoms with van der Waals surface area (Å²) in [6, 6.07) is 11.6. The largest absolute Gasteiger partial charge is 0.494 e. The lowest BCUT2D eigenvalue weighted by Crippen LogP contribution is -2.45. The third-order valence-corrected chi connectivity index (χ3v) is 6.15. The molecular formula is C28H35N7O6. The Labute approximate surface area is 237 Å². The second-order valence-electron chi connectivity index (χ2n) is 9.24. The number of carboxylic acid groups (broad SMARTS) is 1. The van der Waals surface area contributed by atoms with Gasteiger partial charge >= 0.3 is 12.0 Å². The van der Waals surface area contributed by atoms with Crippen molar-refractivity contribution < 1.29 is 28.9 Å². The number of nitrogens with zero attached hydrogens (tertiary/aromatic N) is 3. The van der Waals surface area contributed by atoms with Crippen LogP contribution in [0.3, 0.4) is 0 Å². The molecular weight excluding hydrogens is 530 g/mol. The standard InChI is InChI=1S/C28H35N7O6/c1-2-39-28-34-26-30-17-18-7-10-20(11-8-18)40-13-5-3-4-6-14-41-23-15-19(31-27(33-26)35-28)9-12-21(23)24(36)32-22(16-29)25(37)38/h7-12,15,22H,2-6,13-14,16-17,29H2,1H3,(H,32,36)(H,37,38)(H2,30,31,33,34,35)/t22-/m0/s1. The van der Waals surface area contributed by atoms with E-state index in [1.807, 2.05) is 31.2 Å². The molecule has 0 aliphatic carbocycles. The van der Waals surface area contributed by atoms with Crippen LogP contribution in [0.4, 0.5) is 17.6 Å². The minimum Gasteiger partial charge on any atom is -0.494 e. The Morgan fingerprint density at radius 1 is 1.02 bits per heavy atom. The van der Waals surface area contributed by atoms with Gasteiger partial charge in [0.1, 0.15) is 17.5 Å². The fourth-order valence-corrected chi connectivity index (χ4v) is 3.99. The summed E-state index contributed by atoms with van der Waals surface area (Å²) < 4.78 is 17.4. The van der Waals surface area contributed by atoms with E-state index in [0.717, 1.165) is 37.0 Å². The highest BCUT2D eigenvalue weighted by molar-refractivity contribution is 5.99. The normalized spacial score (nSPS) is 14.6. The van der Waals surface area contributed by atoms with Crippen molar-refractivity contribution in [3.63, 3.8) is 0 Å². The summed E-state index contributed by atoms with van der Waals surface area (Å²) in [4.78, 5) is 37.5. The van der Waals surface area contributed by atoms with E-state index < -0.39 is 17.9 Å². The average Bonchev–Trinajstić information content (AvgIpc) is 2.96. The van der Waals surface area contributed by atoms with E-state index >= 15 is 0 Å². The molecule has 13 nitrogen and oxygen atoms in total. The minimum absolute atomic E-state index is 0.142. The molecule has 1 aromatic heterocycles. The molecule has 0 radical (unpaired) electrons. The maximum atomic E-state index is 13.0. The van der Waals surface area contributed by atoms with Gasteiger partial charge in [-0.3, -0.25) is 4.79 Å². The Balaban J connectivity index is 1.62. The fourth-order valence-electron chi connectivity index (χ4n) is 3.99. The lowest BCUT2D eigenvalue weighted by atomic mass is 10.1. The number of aromatic nitrogens is 3. The van der Waals surface area contributed by atoms with Gasteiger partial charge in [-0.25, -0.2) is 4.79 Å². The number of ether oxygens (including phenoxy) is 3. The van der Waals surface area contributed by atoms with E-state index in [9.17, 15) is 14.7 Å². The second-order valence-corrected chi connectivity index (χ2v) is 9.24. The number of carbonyl (C=O) groups excluding carboxylic acids is 1. The van der Waals surface area contributed by atoms with Crippen LogP contribution in [0.1, 0.15) is 48.5 Å². The van der Waals surface area contributed by atoms with Crippen LogP contribution in [-0.2, 0) is 11.3 Å². The first-order valence-electron chi connectivity index (χ1n) is 13.6. The average molecular weight is 566 g/mol. The number of carbonyl (C=O) groups is 2. The van der Waals surface area contributed by atoms with Gasteiger partial charge in [-0.15, -0.1) is 0 Å². The topological polar surface area (TPSA) is 183 Å². The predicted molar refractivity (Wildman–Crippen MR) is 152 cm³/mol. The van der Waals surface area contributed by atoms with E-state index in [4.69, 9.17) is 19.9 Å². The van der Waals surface area contributed by atoms with Gasteiger partial charge in [-0.05, 0) is 62.4 Å². The first-order valence-corrected chi connectivity index (χ1v) is 13.6. The molecule has 0 fully saturated rings. The molecule has 218 valence electrons. The molecule has 41 heavy (non-hydrogen) atoms. The monoisotopic (exact) mass is 565 g/mol. The van der Waals surface area contributed by atoms with Crippen molar-refractivity contribution in [2.45, 2.75) is 45.2 Å². The van der Waals surface area contributed by atoms with Crippen molar-refractivity contribution in [3.05, 3.63) is 53.6 Å². The van der Waals surface area contributed by atoms with E-state index in [1.54, 1.807) is 18.2 Å². The minimum atomic E-state index is -1.23. The van der Waals surface area contributed by atoms with Crippen molar-refractivity contribution >= 4 is 29.5 Å². The zero-order valence-corrected chi connectivity index (χ0v) is 22.9. The first-order chi connectivity index (χ1) is 19.9. The van der Waals surface area contributed by atoms with Crippen LogP contribution < -0.4 is 35.9 Å². The Hall–Kier alpha value is -4.65. The number of benzene rings is 2. The van der Waals surface area contributed by atoms with E-state index in [-0.39, 0.29) is 29.8 Å². The number of aliphatic carboxylic acids is 1. The quantitative estimate of drug-likeness (QED) is 0.295. The molecule has 1 amide bonds. The summed E-state index contributed by atoms with van der Waals surface area (Å²) in [7, 11) is 0. The summed E-state index contributed by atoms with van der Waals surface area (Å²) in [5, 5.41) is 18.1. The molecule has 1 atom stereocenters. The zero-order chi connectivity index (χ0) is 29.0. The van der Waals surface area contributed by atoms with Crippen molar-refractivity contribution in [2.24, 2.45) is 5.73 Å². The van der Waals surface area contributed by atoms with Gasteiger partial charge in [-0.1, -0.05) is 12.1 Å². The summed E-state index contributed by atoms with van der Waals surface area (Å²) in [6.07, 6.45) is 3.52. The lowest BCUT2D eigenvalue weighted by Gasteiger charge is -2.16. The van der Waals surface area contributed by atoms with Crippen molar-refractivity contribution in [1.29, 1.82) is 0 Å². The molecule has 13 heteroatoms. The van der Waals surface area contributed by atoms with Crippen molar-refractivity contribution in [2.75, 3.05) is 37.0 Å². The van der Waals surface area contributed by atoms with E-state index in [2.05, 4.69) is 30.9 Å². The Bertz CT molecular complexity index is 1320. The Kier molecular flexibility index (Phi) is 10.5. The van der Waals surface area contributed by atoms with Crippen LogP contribution >= 0.6 is 0 Å². The highest BCUT2D eigenvalue weighted by atomic mass is 16.5. The number of hydrogen-bond acceptors (Lipinski definition) is 11. The van der Waals surface area contributed by atoms with Gasteiger partial charge in [0, 0.05) is 24.8 Å². The van der Waals surface area contributed by atoms with Crippen molar-refractivity contribution in [1.82, 2.24) is 20.3 Å². The zero-order valence-electron chi connectivity index (χ0n) is 22.9. The second kappa shape index (κ2) is 14.7. The molecule has 3 heterocycles. The Morgan fingerprint density at radius 3 is 2.46 bits per heavy atom. The molecule has 3 aromatic rings. The first kappa shape index (κ1) is 29.3. The van der Waals surface area contributed by atoms with Crippen LogP contribution in [-0.4, -0.2) is 64.3 Å². The SMILES string of the molecule is CCOc1nc2nc(n1)Nc1ccc(C(=O)N[C@@H](CN)C(=O)O)c(c1)OCCCCCCOc1ccc(cc1)CN2. The van der Waals surface area contributed by atoms with Crippen LogP contribution in [0, 0.1) is 0 Å². The molecule has 0 saturated carbocycles. The van der Waals surface area contributed by atoms with E-state index in [1.165, 1.54) is 0 Å². The highest BCUT2D eigenvalue weighted by Gasteiger charge is 2.22. The number of carboxylic acids is 1. The number of rotatable bonds is 6. The third kappa shape index (κ3) is 8.67. The molecule has 0 spiro atoms. The maximum Gasteiger partial charge on any atom is 0.327 e. The molecule has 2 aliphatic heterocycles. The molecule has 5 rings (SSSR count). The molecule has 2 aliphatic rings. The molecule has 6 bridgehead atoms. The number of fused-ring (bicyclic) bond motifs is 10. The van der Waals surface area contributed by atoms with Crippen LogP contribution in [0.15, 0.2) is 42.5 Å². The highest BCUT2D eigenvalue weighted by Crippen LogP contribution is 2.27. The molecule has 6 N–H and O–H groups in total. The predicted octanol–water partition coefficient (Wildman–Crippen LogP) is 3.10. The van der Waals surface area contributed by atoms with Crippen LogP contribution in [0.2, 0.25) is 0 Å².